The minimum atomic E-state index is -2.34. The number of hydrogen-bond donors (Lipinski definition) is 4. The number of carboxylic acid groups (broad SMARTS) is 3. The van der Waals surface area contributed by atoms with Crippen molar-refractivity contribution in [2.24, 2.45) is 5.11 Å². The van der Waals surface area contributed by atoms with Crippen molar-refractivity contribution in [1.29, 1.82) is 0 Å². The maximum Gasteiger partial charge on any atom is 0.335 e. The zero-order chi connectivity index (χ0) is 29.3. The van der Waals surface area contributed by atoms with Gasteiger partial charge in [-0.15, -0.1) is 0 Å². The molecule has 0 bridgehead atoms. The van der Waals surface area contributed by atoms with Crippen LogP contribution in [0.15, 0.2) is 29.4 Å². The Morgan fingerprint density at radius 1 is 1.08 bits per heavy atom. The number of carbonyl (C=O) groups is 7. The number of amides is 5. The summed E-state index contributed by atoms with van der Waals surface area (Å²) in [4.78, 5) is 88.5. The number of unbranched alkanes of at least 4 members (excludes halogenated alkanes) is 1. The number of aliphatic carboxylic acids is 3. The third-order valence-corrected chi connectivity index (χ3v) is 6.07. The van der Waals surface area contributed by atoms with Crippen molar-refractivity contribution in [1.82, 2.24) is 15.1 Å². The Morgan fingerprint density at radius 2 is 1.72 bits per heavy atom. The van der Waals surface area contributed by atoms with Crippen molar-refractivity contribution in [3.63, 3.8) is 0 Å². The summed E-state index contributed by atoms with van der Waals surface area (Å²) in [5, 5.41) is 34.4. The number of carbonyl (C=O) groups excluding carboxylic acids is 4. The van der Waals surface area contributed by atoms with Gasteiger partial charge in [-0.05, 0) is 50.3 Å². The van der Waals surface area contributed by atoms with Crippen LogP contribution in [0.1, 0.15) is 55.8 Å². The smallest absolute Gasteiger partial charge is 0.335 e. The van der Waals surface area contributed by atoms with Gasteiger partial charge in [0.25, 0.3) is 5.91 Å². The molecule has 0 radical (unpaired) electrons. The summed E-state index contributed by atoms with van der Waals surface area (Å²) in [6.45, 7) is 1.06. The van der Waals surface area contributed by atoms with Gasteiger partial charge >= 0.3 is 23.9 Å². The average molecular weight is 546 g/mol. The molecule has 4 N–H and O–H groups in total. The molecule has 1 aromatic carbocycles. The highest BCUT2D eigenvalue weighted by molar-refractivity contribution is 6.17. The molecule has 1 aliphatic rings. The number of imide groups is 2. The molecule has 16 nitrogen and oxygen atoms in total. The highest BCUT2D eigenvalue weighted by Crippen LogP contribution is 2.29. The van der Waals surface area contributed by atoms with Crippen molar-refractivity contribution in [2.45, 2.75) is 57.0 Å². The number of azide groups is 1. The third kappa shape index (κ3) is 7.29. The van der Waals surface area contributed by atoms with E-state index in [9.17, 15) is 43.8 Å². The van der Waals surface area contributed by atoms with Crippen LogP contribution in [-0.4, -0.2) is 84.9 Å². The van der Waals surface area contributed by atoms with E-state index in [1.165, 1.54) is 24.3 Å². The molecule has 5 amide bonds. The van der Waals surface area contributed by atoms with Crippen LogP contribution >= 0.6 is 0 Å². The van der Waals surface area contributed by atoms with Gasteiger partial charge in [0.05, 0.1) is 0 Å². The van der Waals surface area contributed by atoms with Crippen LogP contribution in [0.25, 0.3) is 10.4 Å². The highest BCUT2D eigenvalue weighted by Gasteiger charge is 2.53. The normalized spacial score (nSPS) is 15.7. The van der Waals surface area contributed by atoms with E-state index in [2.05, 4.69) is 15.3 Å². The van der Waals surface area contributed by atoms with E-state index in [4.69, 9.17) is 10.6 Å². The Hall–Kier alpha value is -4.98. The lowest BCUT2D eigenvalue weighted by Crippen LogP contribution is -2.67. The Kier molecular flexibility index (Phi) is 10.1. The van der Waals surface area contributed by atoms with Gasteiger partial charge in [-0.3, -0.25) is 19.2 Å². The van der Waals surface area contributed by atoms with Crippen molar-refractivity contribution in [3.8, 4) is 0 Å². The van der Waals surface area contributed by atoms with E-state index in [1.807, 2.05) is 0 Å². The van der Waals surface area contributed by atoms with Gasteiger partial charge in [0.2, 0.25) is 11.8 Å². The van der Waals surface area contributed by atoms with Gasteiger partial charge in [0, 0.05) is 29.1 Å². The summed E-state index contributed by atoms with van der Waals surface area (Å²) in [7, 11) is 0. The molecule has 16 heteroatoms. The standard InChI is InChI=1S/C23H26N6O10/c1-23(21(37)38,10-9-18(32)33)29-17(31)12-16(30)28(22(29)39)15(20(35)36)4-2-3-11-25-19(34)13-5-7-14(8-6-13)26-27-24/h5-8,15H,2-4,9-12H2,1H3,(H,25,34)(H,32,33)(H,35,36)(H,37,38)/t15-,23?/m0/s1. The summed E-state index contributed by atoms with van der Waals surface area (Å²) in [6, 6.07) is 2.59. The maximum atomic E-state index is 13.1. The number of benzene rings is 1. The lowest BCUT2D eigenvalue weighted by atomic mass is 9.92. The molecule has 1 saturated heterocycles. The Balaban J connectivity index is 2.07. The molecular weight excluding hydrogens is 520 g/mol. The van der Waals surface area contributed by atoms with Gasteiger partial charge in [-0.2, -0.15) is 0 Å². The fraction of sp³-hybridized carbons (Fsp3) is 0.435. The first-order valence-corrected chi connectivity index (χ1v) is 11.6. The van der Waals surface area contributed by atoms with Gasteiger partial charge in [0.1, 0.15) is 18.0 Å². The van der Waals surface area contributed by atoms with Crippen LogP contribution in [0.5, 0.6) is 0 Å². The number of nitrogens with one attached hydrogen (secondary N) is 1. The Bertz CT molecular complexity index is 1230. The second-order valence-corrected chi connectivity index (χ2v) is 8.77. The lowest BCUT2D eigenvalue weighted by molar-refractivity contribution is -0.163. The molecular formula is C23H26N6O10. The average Bonchev–Trinajstić information content (AvgIpc) is 2.86. The van der Waals surface area contributed by atoms with E-state index in [1.54, 1.807) is 0 Å². The summed E-state index contributed by atoms with van der Waals surface area (Å²) < 4.78 is 0. The molecule has 2 rings (SSSR count). The molecule has 39 heavy (non-hydrogen) atoms. The van der Waals surface area contributed by atoms with E-state index < -0.39 is 72.5 Å². The van der Waals surface area contributed by atoms with Crippen LogP contribution < -0.4 is 5.32 Å². The predicted octanol–water partition coefficient (Wildman–Crippen LogP) is 1.87. The second kappa shape index (κ2) is 13.0. The quantitative estimate of drug-likeness (QED) is 0.0866. The fourth-order valence-electron chi connectivity index (χ4n) is 3.93. The topological polar surface area (TPSA) is 247 Å². The lowest BCUT2D eigenvalue weighted by Gasteiger charge is -2.42. The highest BCUT2D eigenvalue weighted by atomic mass is 16.4. The molecule has 1 aliphatic heterocycles. The van der Waals surface area contributed by atoms with E-state index >= 15 is 0 Å². The molecule has 1 fully saturated rings. The Morgan fingerprint density at radius 3 is 2.26 bits per heavy atom. The monoisotopic (exact) mass is 546 g/mol. The minimum Gasteiger partial charge on any atom is -0.481 e. The largest absolute Gasteiger partial charge is 0.481 e. The minimum absolute atomic E-state index is 0.113. The molecule has 2 atom stereocenters. The van der Waals surface area contributed by atoms with Crippen LogP contribution in [0.4, 0.5) is 10.5 Å². The zero-order valence-corrected chi connectivity index (χ0v) is 20.8. The predicted molar refractivity (Wildman–Crippen MR) is 129 cm³/mol. The summed E-state index contributed by atoms with van der Waals surface area (Å²) in [6.07, 6.45) is -2.24. The van der Waals surface area contributed by atoms with Crippen LogP contribution in [0, 0.1) is 0 Å². The van der Waals surface area contributed by atoms with Gasteiger partial charge in [0.15, 0.2) is 0 Å². The number of urea groups is 1. The van der Waals surface area contributed by atoms with Crippen molar-refractivity contribution >= 4 is 47.3 Å². The van der Waals surface area contributed by atoms with Crippen LogP contribution in [0.2, 0.25) is 0 Å². The first-order chi connectivity index (χ1) is 18.3. The number of barbiturate groups is 1. The van der Waals surface area contributed by atoms with E-state index in [0.717, 1.165) is 6.92 Å². The molecule has 0 spiro atoms. The summed E-state index contributed by atoms with van der Waals surface area (Å²) >= 11 is 0. The molecule has 0 aromatic heterocycles. The number of carboxylic acids is 3. The van der Waals surface area contributed by atoms with Gasteiger partial charge < -0.3 is 20.6 Å². The zero-order valence-electron chi connectivity index (χ0n) is 20.8. The summed E-state index contributed by atoms with van der Waals surface area (Å²) in [5.74, 6) is -7.41. The molecule has 1 heterocycles. The maximum absolute atomic E-state index is 13.1. The first-order valence-electron chi connectivity index (χ1n) is 11.6. The van der Waals surface area contributed by atoms with Gasteiger partial charge in [-0.25, -0.2) is 24.2 Å². The van der Waals surface area contributed by atoms with E-state index in [0.29, 0.717) is 10.6 Å². The first kappa shape index (κ1) is 30.2. The molecule has 208 valence electrons. The van der Waals surface area contributed by atoms with Crippen molar-refractivity contribution < 1.29 is 48.9 Å². The van der Waals surface area contributed by atoms with E-state index in [-0.39, 0.29) is 36.3 Å². The Labute approximate surface area is 220 Å². The number of rotatable bonds is 14. The third-order valence-electron chi connectivity index (χ3n) is 6.07. The molecule has 1 unspecified atom stereocenters. The SMILES string of the molecule is CC(CCC(=O)O)(C(=O)O)N1C(=O)CC(=O)N([C@@H](CCCCNC(=O)c2ccc(N=[N+]=[N-])cc2)C(=O)O)C1=O. The summed E-state index contributed by atoms with van der Waals surface area (Å²) in [5.41, 5.74) is 6.69. The number of hydrogen-bond acceptors (Lipinski definition) is 8. The second-order valence-electron chi connectivity index (χ2n) is 8.77. The molecule has 0 saturated carbocycles. The molecule has 0 aliphatic carbocycles. The number of nitrogens with zero attached hydrogens (tertiary/aromatic N) is 5. The van der Waals surface area contributed by atoms with Crippen LogP contribution in [0.3, 0.4) is 0 Å². The fourth-order valence-corrected chi connectivity index (χ4v) is 3.93. The molecule has 1 aromatic rings. The van der Waals surface area contributed by atoms with Crippen LogP contribution in [-0.2, 0) is 24.0 Å². The van der Waals surface area contributed by atoms with Gasteiger partial charge in [-0.1, -0.05) is 17.2 Å². The van der Waals surface area contributed by atoms with Crippen molar-refractivity contribution in [3.05, 3.63) is 40.3 Å². The van der Waals surface area contributed by atoms with Crippen molar-refractivity contribution in [2.75, 3.05) is 6.54 Å².